The Balaban J connectivity index is 2.98. The minimum atomic E-state index is -3.44. The van der Waals surface area contributed by atoms with Crippen LogP contribution in [0.1, 0.15) is 18.9 Å². The molecule has 0 spiro atoms. The van der Waals surface area contributed by atoms with Gasteiger partial charge in [-0.15, -0.1) is 0 Å². The third-order valence-electron chi connectivity index (χ3n) is 2.25. The lowest BCUT2D eigenvalue weighted by atomic mass is 10.3. The molecule has 5 nitrogen and oxygen atoms in total. The normalized spacial score (nSPS) is 12.0. The maximum atomic E-state index is 12.0. The lowest BCUT2D eigenvalue weighted by Gasteiger charge is -2.15. The van der Waals surface area contributed by atoms with Crippen LogP contribution in [0.3, 0.4) is 0 Å². The number of rotatable bonds is 5. The van der Waals surface area contributed by atoms with Gasteiger partial charge in [-0.25, -0.2) is 13.4 Å². The molecule has 1 aromatic heterocycles. The molecule has 0 atom stereocenters. The molecule has 0 saturated heterocycles. The van der Waals surface area contributed by atoms with E-state index in [1.54, 1.807) is 13.1 Å². The maximum Gasteiger partial charge on any atom is 0.260 e. The van der Waals surface area contributed by atoms with E-state index >= 15 is 0 Å². The standard InChI is InChI=1S/C10H17N3O2S/c1-3-6-13(2)16(14,15)10-5-4-9(7-11)8-12-10/h4-5,8H,3,6-7,11H2,1-2H3. The number of hydrogen-bond donors (Lipinski definition) is 1. The van der Waals surface area contributed by atoms with Gasteiger partial charge in [-0.05, 0) is 18.1 Å². The van der Waals surface area contributed by atoms with Crippen molar-refractivity contribution in [2.45, 2.75) is 24.9 Å². The second-order valence-electron chi connectivity index (χ2n) is 3.54. The van der Waals surface area contributed by atoms with Crippen LogP contribution in [0.25, 0.3) is 0 Å². The van der Waals surface area contributed by atoms with Crippen molar-refractivity contribution in [3.05, 3.63) is 23.9 Å². The number of pyridine rings is 1. The number of nitrogens with two attached hydrogens (primary N) is 1. The molecule has 0 aliphatic carbocycles. The molecule has 0 aliphatic heterocycles. The van der Waals surface area contributed by atoms with Crippen molar-refractivity contribution >= 4 is 10.0 Å². The fourth-order valence-corrected chi connectivity index (χ4v) is 2.45. The van der Waals surface area contributed by atoms with Crippen LogP contribution in [-0.4, -0.2) is 31.3 Å². The van der Waals surface area contributed by atoms with Gasteiger partial charge in [0.15, 0.2) is 5.03 Å². The molecule has 0 fully saturated rings. The first-order valence-corrected chi connectivity index (χ1v) is 6.57. The van der Waals surface area contributed by atoms with E-state index in [9.17, 15) is 8.42 Å². The highest BCUT2D eigenvalue weighted by Gasteiger charge is 2.20. The molecule has 1 aromatic rings. The molecule has 0 radical (unpaired) electrons. The predicted molar refractivity (Wildman–Crippen MR) is 62.2 cm³/mol. The van der Waals surface area contributed by atoms with Crippen LogP contribution in [-0.2, 0) is 16.6 Å². The monoisotopic (exact) mass is 243 g/mol. The van der Waals surface area contributed by atoms with Gasteiger partial charge in [0.1, 0.15) is 0 Å². The Morgan fingerprint density at radius 2 is 2.12 bits per heavy atom. The molecule has 0 bridgehead atoms. The minimum absolute atomic E-state index is 0.0700. The summed E-state index contributed by atoms with van der Waals surface area (Å²) >= 11 is 0. The lowest BCUT2D eigenvalue weighted by Crippen LogP contribution is -2.28. The van der Waals surface area contributed by atoms with Gasteiger partial charge in [0.2, 0.25) is 0 Å². The summed E-state index contributed by atoms with van der Waals surface area (Å²) < 4.78 is 25.2. The molecule has 6 heteroatoms. The quantitative estimate of drug-likeness (QED) is 0.820. The van der Waals surface area contributed by atoms with Crippen molar-refractivity contribution in [2.75, 3.05) is 13.6 Å². The van der Waals surface area contributed by atoms with Crippen LogP contribution in [0.2, 0.25) is 0 Å². The van der Waals surface area contributed by atoms with Crippen LogP contribution < -0.4 is 5.73 Å². The third-order valence-corrected chi connectivity index (χ3v) is 4.02. The molecule has 0 unspecified atom stereocenters. The molecule has 0 amide bonds. The molecule has 1 heterocycles. The van der Waals surface area contributed by atoms with E-state index < -0.39 is 10.0 Å². The number of nitrogens with zero attached hydrogens (tertiary/aromatic N) is 2. The van der Waals surface area contributed by atoms with E-state index in [0.717, 1.165) is 12.0 Å². The minimum Gasteiger partial charge on any atom is -0.326 e. The zero-order chi connectivity index (χ0) is 12.2. The second-order valence-corrected chi connectivity index (χ2v) is 5.53. The van der Waals surface area contributed by atoms with Gasteiger partial charge >= 0.3 is 0 Å². The van der Waals surface area contributed by atoms with Gasteiger partial charge in [0.25, 0.3) is 10.0 Å². The summed E-state index contributed by atoms with van der Waals surface area (Å²) in [5, 5.41) is 0.0700. The van der Waals surface area contributed by atoms with Crippen molar-refractivity contribution in [1.29, 1.82) is 0 Å². The van der Waals surface area contributed by atoms with Crippen LogP contribution in [0.5, 0.6) is 0 Å². The highest BCUT2D eigenvalue weighted by Crippen LogP contribution is 2.12. The molecule has 2 N–H and O–H groups in total. The van der Waals surface area contributed by atoms with E-state index in [1.165, 1.54) is 16.6 Å². The zero-order valence-electron chi connectivity index (χ0n) is 9.55. The summed E-state index contributed by atoms with van der Waals surface area (Å²) in [5.41, 5.74) is 6.23. The van der Waals surface area contributed by atoms with Crippen molar-refractivity contribution < 1.29 is 8.42 Å². The van der Waals surface area contributed by atoms with Crippen LogP contribution >= 0.6 is 0 Å². The lowest BCUT2D eigenvalue weighted by molar-refractivity contribution is 0.465. The fourth-order valence-electron chi connectivity index (χ4n) is 1.28. The van der Waals surface area contributed by atoms with Crippen molar-refractivity contribution in [3.8, 4) is 0 Å². The van der Waals surface area contributed by atoms with Crippen LogP contribution in [0.4, 0.5) is 0 Å². The van der Waals surface area contributed by atoms with Crippen molar-refractivity contribution in [2.24, 2.45) is 5.73 Å². The molecule has 0 aliphatic rings. The van der Waals surface area contributed by atoms with Crippen molar-refractivity contribution in [3.63, 3.8) is 0 Å². The van der Waals surface area contributed by atoms with Gasteiger partial charge < -0.3 is 5.73 Å². The molecule has 0 aromatic carbocycles. The van der Waals surface area contributed by atoms with E-state index in [-0.39, 0.29) is 5.03 Å². The smallest absolute Gasteiger partial charge is 0.260 e. The third kappa shape index (κ3) is 2.78. The summed E-state index contributed by atoms with van der Waals surface area (Å²) in [6.07, 6.45) is 2.27. The predicted octanol–water partition coefficient (Wildman–Crippen LogP) is 0.571. The first-order valence-electron chi connectivity index (χ1n) is 5.13. The largest absolute Gasteiger partial charge is 0.326 e. The number of hydrogen-bond acceptors (Lipinski definition) is 4. The van der Waals surface area contributed by atoms with Gasteiger partial charge in [0, 0.05) is 26.3 Å². The van der Waals surface area contributed by atoms with Crippen molar-refractivity contribution in [1.82, 2.24) is 9.29 Å². The second kappa shape index (κ2) is 5.38. The van der Waals surface area contributed by atoms with E-state index in [0.29, 0.717) is 13.1 Å². The Hall–Kier alpha value is -0.980. The average Bonchev–Trinajstić information content (AvgIpc) is 2.29. The molecular weight excluding hydrogens is 226 g/mol. The Kier molecular flexibility index (Phi) is 4.40. The summed E-state index contributed by atoms with van der Waals surface area (Å²) in [5.74, 6) is 0. The highest BCUT2D eigenvalue weighted by molar-refractivity contribution is 7.89. The number of sulfonamides is 1. The molecule has 1 rings (SSSR count). The zero-order valence-corrected chi connectivity index (χ0v) is 10.4. The van der Waals surface area contributed by atoms with E-state index in [2.05, 4.69) is 4.98 Å². The fraction of sp³-hybridized carbons (Fsp3) is 0.500. The SMILES string of the molecule is CCCN(C)S(=O)(=O)c1ccc(CN)cn1. The van der Waals surface area contributed by atoms with Gasteiger partial charge in [0.05, 0.1) is 0 Å². The Labute approximate surface area is 96.3 Å². The molecule has 0 saturated carbocycles. The first-order chi connectivity index (χ1) is 7.52. The van der Waals surface area contributed by atoms with E-state index in [1.807, 2.05) is 6.92 Å². The van der Waals surface area contributed by atoms with E-state index in [4.69, 9.17) is 5.73 Å². The Morgan fingerprint density at radius 3 is 2.56 bits per heavy atom. The summed E-state index contributed by atoms with van der Waals surface area (Å²) in [6.45, 7) is 2.78. The Bertz CT molecular complexity index is 428. The van der Waals surface area contributed by atoms with Gasteiger partial charge in [-0.2, -0.15) is 4.31 Å². The van der Waals surface area contributed by atoms with Crippen LogP contribution in [0, 0.1) is 0 Å². The average molecular weight is 243 g/mol. The summed E-state index contributed by atoms with van der Waals surface area (Å²) in [4.78, 5) is 3.91. The first kappa shape index (κ1) is 13.1. The Morgan fingerprint density at radius 1 is 1.44 bits per heavy atom. The maximum absolute atomic E-state index is 12.0. The van der Waals surface area contributed by atoms with Gasteiger partial charge in [-0.1, -0.05) is 13.0 Å². The molecular formula is C10H17N3O2S. The highest BCUT2D eigenvalue weighted by atomic mass is 32.2. The van der Waals surface area contributed by atoms with Gasteiger partial charge in [-0.3, -0.25) is 0 Å². The molecule has 16 heavy (non-hydrogen) atoms. The molecule has 90 valence electrons. The van der Waals surface area contributed by atoms with Crippen LogP contribution in [0.15, 0.2) is 23.4 Å². The summed E-state index contributed by atoms with van der Waals surface area (Å²) in [7, 11) is -1.89. The number of aromatic nitrogens is 1. The summed E-state index contributed by atoms with van der Waals surface area (Å²) in [6, 6.07) is 3.17. The topological polar surface area (TPSA) is 76.3 Å².